The fraction of sp³-hybridized carbons (Fsp3) is 0.739. The Kier molecular flexibility index (Phi) is 14.2. The Hall–Kier alpha value is -1.72. The molecule has 0 aromatic heterocycles. The number of rotatable bonds is 19. The van der Waals surface area contributed by atoms with Crippen LogP contribution in [0.5, 0.6) is 11.5 Å². The van der Waals surface area contributed by atoms with Gasteiger partial charge in [0.25, 0.3) is 5.69 Å². The van der Waals surface area contributed by atoms with Crippen LogP contribution in [0.4, 0.5) is 5.69 Å². The molecule has 9 nitrogen and oxygen atoms in total. The minimum absolute atomic E-state index is 0.0368. The van der Waals surface area contributed by atoms with E-state index < -0.39 is 19.8 Å². The van der Waals surface area contributed by atoms with E-state index in [-0.39, 0.29) is 5.69 Å². The molecule has 0 aliphatic carbocycles. The predicted octanol–water partition coefficient (Wildman–Crippen LogP) is 5.69. The van der Waals surface area contributed by atoms with Crippen molar-refractivity contribution < 1.29 is 32.4 Å². The average Bonchev–Trinajstić information content (AvgIpc) is 2.79. The van der Waals surface area contributed by atoms with Gasteiger partial charge in [-0.3, -0.25) is 10.1 Å². The van der Waals surface area contributed by atoms with Crippen LogP contribution in [0, 0.1) is 10.1 Å². The molecule has 1 aromatic carbocycles. The van der Waals surface area contributed by atoms with E-state index in [0.29, 0.717) is 56.1 Å². The number of hydrogen-bond donors (Lipinski definition) is 0. The van der Waals surface area contributed by atoms with E-state index in [4.69, 9.17) is 27.5 Å². The number of unbranched alkanes of at least 4 members (excludes halogenated alkanes) is 2. The lowest BCUT2D eigenvalue weighted by Gasteiger charge is -2.28. The molecule has 33 heavy (non-hydrogen) atoms. The zero-order valence-electron chi connectivity index (χ0n) is 21.0. The number of methoxy groups -OCH3 is 1. The fourth-order valence-electron chi connectivity index (χ4n) is 3.44. The standard InChI is InChI=1S/C23H41NO8Si/c1-7-11-14-29-23-18-21(24(25)26)20(17-22(23)27-6)19(5)28-15-12-13-16-33(30-8-2,31-9-3)32-10-4/h17-19H,7-16H2,1-6H3. The lowest BCUT2D eigenvalue weighted by molar-refractivity contribution is -0.386. The van der Waals surface area contributed by atoms with Gasteiger partial charge in [-0.1, -0.05) is 13.3 Å². The SMILES string of the molecule is CCCCOc1cc([N+](=O)[O-])c(C(C)OCCCC[Si](OCC)(OCC)OCC)cc1OC. The molecule has 0 N–H and O–H groups in total. The smallest absolute Gasteiger partial charge is 0.493 e. The number of nitrogens with zero attached hydrogens (tertiary/aromatic N) is 1. The van der Waals surface area contributed by atoms with Crippen molar-refractivity contribution in [2.45, 2.75) is 72.5 Å². The second kappa shape index (κ2) is 16.0. The Morgan fingerprint density at radius 2 is 1.58 bits per heavy atom. The summed E-state index contributed by atoms with van der Waals surface area (Å²) >= 11 is 0. The summed E-state index contributed by atoms with van der Waals surface area (Å²) in [4.78, 5) is 11.3. The molecule has 1 atom stereocenters. The van der Waals surface area contributed by atoms with Crippen LogP contribution in [0.1, 0.15) is 72.0 Å². The minimum atomic E-state index is -2.67. The summed E-state index contributed by atoms with van der Waals surface area (Å²) in [5.41, 5.74) is 0.423. The van der Waals surface area contributed by atoms with Gasteiger partial charge >= 0.3 is 8.80 Å². The molecule has 1 rings (SSSR count). The number of nitro groups is 1. The van der Waals surface area contributed by atoms with Crippen molar-refractivity contribution in [2.75, 3.05) is 40.1 Å². The Bertz CT molecular complexity index is 686. The van der Waals surface area contributed by atoms with Crippen molar-refractivity contribution in [3.05, 3.63) is 27.8 Å². The second-order valence-corrected chi connectivity index (χ2v) is 10.2. The first kappa shape index (κ1) is 29.3. The van der Waals surface area contributed by atoms with Crippen LogP contribution in [0.15, 0.2) is 12.1 Å². The molecule has 0 aliphatic rings. The van der Waals surface area contributed by atoms with E-state index in [1.807, 2.05) is 20.8 Å². The van der Waals surface area contributed by atoms with Gasteiger partial charge in [0.2, 0.25) is 0 Å². The van der Waals surface area contributed by atoms with Crippen molar-refractivity contribution in [1.29, 1.82) is 0 Å². The molecule has 1 aromatic rings. The van der Waals surface area contributed by atoms with Gasteiger partial charge in [-0.15, -0.1) is 0 Å². The van der Waals surface area contributed by atoms with Crippen LogP contribution < -0.4 is 9.47 Å². The molecule has 0 saturated carbocycles. The van der Waals surface area contributed by atoms with E-state index >= 15 is 0 Å². The summed E-state index contributed by atoms with van der Waals surface area (Å²) in [7, 11) is -1.15. The van der Waals surface area contributed by atoms with Gasteiger partial charge in [-0.2, -0.15) is 0 Å². The highest BCUT2D eigenvalue weighted by molar-refractivity contribution is 6.60. The summed E-state index contributed by atoms with van der Waals surface area (Å²) in [6.45, 7) is 12.2. The molecular formula is C23H41NO8Si. The maximum absolute atomic E-state index is 11.7. The molecule has 10 heteroatoms. The monoisotopic (exact) mass is 487 g/mol. The van der Waals surface area contributed by atoms with Crippen molar-refractivity contribution in [3.8, 4) is 11.5 Å². The molecule has 0 radical (unpaired) electrons. The van der Waals surface area contributed by atoms with Crippen LogP contribution in [0.2, 0.25) is 6.04 Å². The number of nitro benzene ring substituents is 1. The molecule has 190 valence electrons. The van der Waals surface area contributed by atoms with Crippen molar-refractivity contribution in [1.82, 2.24) is 0 Å². The normalized spacial score (nSPS) is 12.5. The summed E-state index contributed by atoms with van der Waals surface area (Å²) in [6, 6.07) is 3.77. The minimum Gasteiger partial charge on any atom is -0.493 e. The highest BCUT2D eigenvalue weighted by atomic mass is 28.4. The number of ether oxygens (including phenoxy) is 3. The van der Waals surface area contributed by atoms with E-state index in [2.05, 4.69) is 6.92 Å². The summed E-state index contributed by atoms with van der Waals surface area (Å²) in [5, 5.41) is 11.7. The Labute approximate surface area is 199 Å². The molecular weight excluding hydrogens is 446 g/mol. The molecule has 0 amide bonds. The molecule has 0 fully saturated rings. The van der Waals surface area contributed by atoms with Gasteiger partial charge in [0.05, 0.1) is 36.4 Å². The first-order valence-electron chi connectivity index (χ1n) is 11.9. The lowest BCUT2D eigenvalue weighted by Crippen LogP contribution is -2.45. The van der Waals surface area contributed by atoms with E-state index in [1.165, 1.54) is 13.2 Å². The van der Waals surface area contributed by atoms with Crippen LogP contribution in [0.25, 0.3) is 0 Å². The molecule has 1 unspecified atom stereocenters. The molecule has 0 aliphatic heterocycles. The Morgan fingerprint density at radius 3 is 2.09 bits per heavy atom. The highest BCUT2D eigenvalue weighted by Crippen LogP contribution is 2.38. The number of benzene rings is 1. The van der Waals surface area contributed by atoms with Gasteiger partial charge in [0.1, 0.15) is 0 Å². The van der Waals surface area contributed by atoms with Gasteiger partial charge in [-0.05, 0) is 53.0 Å². The summed E-state index contributed by atoms with van der Waals surface area (Å²) < 4.78 is 34.7. The van der Waals surface area contributed by atoms with Crippen LogP contribution in [-0.4, -0.2) is 53.9 Å². The zero-order valence-corrected chi connectivity index (χ0v) is 22.0. The third-order valence-corrected chi connectivity index (χ3v) is 8.19. The zero-order chi connectivity index (χ0) is 24.7. The first-order chi connectivity index (χ1) is 15.9. The van der Waals surface area contributed by atoms with E-state index in [0.717, 1.165) is 25.7 Å². The highest BCUT2D eigenvalue weighted by Gasteiger charge is 2.39. The summed E-state index contributed by atoms with van der Waals surface area (Å²) in [6.07, 6.45) is 2.93. The lowest BCUT2D eigenvalue weighted by atomic mass is 10.1. The molecule has 0 saturated heterocycles. The van der Waals surface area contributed by atoms with Gasteiger partial charge in [0, 0.05) is 32.5 Å². The molecule has 0 spiro atoms. The average molecular weight is 488 g/mol. The topological polar surface area (TPSA) is 98.5 Å². The Morgan fingerprint density at radius 1 is 0.939 bits per heavy atom. The fourth-order valence-corrected chi connectivity index (χ4v) is 6.13. The maximum atomic E-state index is 11.7. The number of hydrogen-bond acceptors (Lipinski definition) is 8. The van der Waals surface area contributed by atoms with Crippen LogP contribution >= 0.6 is 0 Å². The van der Waals surface area contributed by atoms with Crippen LogP contribution in [-0.2, 0) is 18.0 Å². The predicted molar refractivity (Wildman–Crippen MR) is 129 cm³/mol. The van der Waals surface area contributed by atoms with Gasteiger partial charge < -0.3 is 27.5 Å². The van der Waals surface area contributed by atoms with E-state index in [9.17, 15) is 10.1 Å². The van der Waals surface area contributed by atoms with Crippen molar-refractivity contribution in [2.24, 2.45) is 0 Å². The third kappa shape index (κ3) is 9.58. The van der Waals surface area contributed by atoms with Crippen molar-refractivity contribution >= 4 is 14.5 Å². The first-order valence-corrected chi connectivity index (χ1v) is 13.8. The maximum Gasteiger partial charge on any atom is 0.500 e. The van der Waals surface area contributed by atoms with Gasteiger partial charge in [-0.25, -0.2) is 0 Å². The van der Waals surface area contributed by atoms with Crippen LogP contribution in [0.3, 0.4) is 0 Å². The quantitative estimate of drug-likeness (QED) is 0.106. The Balaban J connectivity index is 2.78. The molecule has 0 bridgehead atoms. The largest absolute Gasteiger partial charge is 0.500 e. The van der Waals surface area contributed by atoms with E-state index in [1.54, 1.807) is 13.0 Å². The van der Waals surface area contributed by atoms with Crippen molar-refractivity contribution in [3.63, 3.8) is 0 Å². The van der Waals surface area contributed by atoms with Gasteiger partial charge in [0.15, 0.2) is 11.5 Å². The second-order valence-electron chi connectivity index (χ2n) is 7.47. The summed E-state index contributed by atoms with van der Waals surface area (Å²) in [5.74, 6) is 0.834. The molecule has 0 heterocycles. The third-order valence-electron chi connectivity index (χ3n) is 5.04.